The number of anilines is 2. The van der Waals surface area contributed by atoms with E-state index in [2.05, 4.69) is 19.8 Å². The lowest BCUT2D eigenvalue weighted by Gasteiger charge is -2.34. The SMILES string of the molecule is Nc1nc(Cl)cc(N2CCC(CN3CCCC3)CC2)n1. The number of nitrogen functional groups attached to an aromatic ring is 1. The first-order chi connectivity index (χ1) is 9.70. The Labute approximate surface area is 125 Å². The van der Waals surface area contributed by atoms with Crippen molar-refractivity contribution in [2.24, 2.45) is 5.92 Å². The molecule has 0 unspecified atom stereocenters. The van der Waals surface area contributed by atoms with Crippen LogP contribution in [0, 0.1) is 5.92 Å². The maximum absolute atomic E-state index is 5.95. The summed E-state index contributed by atoms with van der Waals surface area (Å²) < 4.78 is 0. The molecule has 0 radical (unpaired) electrons. The molecule has 110 valence electrons. The van der Waals surface area contributed by atoms with E-state index in [-0.39, 0.29) is 5.95 Å². The Hall–Kier alpha value is -1.07. The Kier molecular flexibility index (Phi) is 4.27. The number of rotatable bonds is 3. The van der Waals surface area contributed by atoms with Crippen molar-refractivity contribution in [3.8, 4) is 0 Å². The number of aromatic nitrogens is 2. The highest BCUT2D eigenvalue weighted by Crippen LogP contribution is 2.25. The molecule has 1 aromatic rings. The summed E-state index contributed by atoms with van der Waals surface area (Å²) in [7, 11) is 0. The lowest BCUT2D eigenvalue weighted by molar-refractivity contribution is 0.249. The molecule has 3 rings (SSSR count). The third-order valence-corrected chi connectivity index (χ3v) is 4.55. The number of nitrogens with two attached hydrogens (primary N) is 1. The topological polar surface area (TPSA) is 58.3 Å². The number of likely N-dealkylation sites (tertiary alicyclic amines) is 1. The third-order valence-electron chi connectivity index (χ3n) is 4.35. The van der Waals surface area contributed by atoms with Gasteiger partial charge in [-0.2, -0.15) is 4.98 Å². The molecule has 0 spiro atoms. The lowest BCUT2D eigenvalue weighted by atomic mass is 9.96. The van der Waals surface area contributed by atoms with Crippen molar-refractivity contribution in [2.75, 3.05) is 43.4 Å². The van der Waals surface area contributed by atoms with Crippen LogP contribution in [0.5, 0.6) is 0 Å². The van der Waals surface area contributed by atoms with Gasteiger partial charge in [0.25, 0.3) is 0 Å². The zero-order valence-corrected chi connectivity index (χ0v) is 12.5. The van der Waals surface area contributed by atoms with Gasteiger partial charge in [0.1, 0.15) is 11.0 Å². The van der Waals surface area contributed by atoms with E-state index in [0.717, 1.165) is 24.8 Å². The highest BCUT2D eigenvalue weighted by molar-refractivity contribution is 6.29. The van der Waals surface area contributed by atoms with Crippen LogP contribution in [0.25, 0.3) is 0 Å². The molecule has 2 fully saturated rings. The van der Waals surface area contributed by atoms with Gasteiger partial charge in [0, 0.05) is 25.7 Å². The first-order valence-electron chi connectivity index (χ1n) is 7.48. The van der Waals surface area contributed by atoms with Crippen molar-refractivity contribution >= 4 is 23.4 Å². The first-order valence-corrected chi connectivity index (χ1v) is 7.86. The summed E-state index contributed by atoms with van der Waals surface area (Å²) in [6.07, 6.45) is 5.19. The third kappa shape index (κ3) is 3.33. The number of piperidine rings is 1. The summed E-state index contributed by atoms with van der Waals surface area (Å²) >= 11 is 5.95. The summed E-state index contributed by atoms with van der Waals surface area (Å²) in [5.74, 6) is 1.94. The fourth-order valence-corrected chi connectivity index (χ4v) is 3.44. The van der Waals surface area contributed by atoms with Crippen molar-refractivity contribution < 1.29 is 0 Å². The quantitative estimate of drug-likeness (QED) is 0.865. The van der Waals surface area contributed by atoms with Crippen molar-refractivity contribution in [1.29, 1.82) is 0 Å². The molecule has 3 heterocycles. The highest BCUT2D eigenvalue weighted by Gasteiger charge is 2.23. The van der Waals surface area contributed by atoms with Crippen molar-refractivity contribution in [3.63, 3.8) is 0 Å². The van der Waals surface area contributed by atoms with Gasteiger partial charge >= 0.3 is 0 Å². The fraction of sp³-hybridized carbons (Fsp3) is 0.714. The molecule has 0 aliphatic carbocycles. The van der Waals surface area contributed by atoms with Crippen LogP contribution in [0.1, 0.15) is 25.7 Å². The monoisotopic (exact) mass is 295 g/mol. The summed E-state index contributed by atoms with van der Waals surface area (Å²) in [5.41, 5.74) is 5.66. The maximum Gasteiger partial charge on any atom is 0.223 e. The Morgan fingerprint density at radius 1 is 1.15 bits per heavy atom. The van der Waals surface area contributed by atoms with E-state index in [4.69, 9.17) is 17.3 Å². The molecule has 2 N–H and O–H groups in total. The smallest absolute Gasteiger partial charge is 0.223 e. The van der Waals surface area contributed by atoms with Gasteiger partial charge in [0.2, 0.25) is 5.95 Å². The van der Waals surface area contributed by atoms with E-state index in [1.54, 1.807) is 6.07 Å². The maximum atomic E-state index is 5.95. The van der Waals surface area contributed by atoms with Crippen LogP contribution < -0.4 is 10.6 Å². The molecule has 6 heteroatoms. The molecule has 2 aliphatic rings. The Morgan fingerprint density at radius 3 is 2.50 bits per heavy atom. The second kappa shape index (κ2) is 6.14. The summed E-state index contributed by atoms with van der Waals surface area (Å²) in [6, 6.07) is 1.80. The molecule has 2 aliphatic heterocycles. The van der Waals surface area contributed by atoms with E-state index in [1.165, 1.54) is 45.3 Å². The molecule has 20 heavy (non-hydrogen) atoms. The molecular formula is C14H22ClN5. The zero-order valence-electron chi connectivity index (χ0n) is 11.8. The minimum Gasteiger partial charge on any atom is -0.368 e. The molecule has 0 aromatic carbocycles. The number of hydrogen-bond donors (Lipinski definition) is 1. The lowest BCUT2D eigenvalue weighted by Crippen LogP contribution is -2.38. The van der Waals surface area contributed by atoms with Crippen LogP contribution in [0.4, 0.5) is 11.8 Å². The predicted octanol–water partition coefficient (Wildman–Crippen LogP) is 2.02. The largest absolute Gasteiger partial charge is 0.368 e. The summed E-state index contributed by atoms with van der Waals surface area (Å²) in [6.45, 7) is 5.91. The normalized spacial score (nSPS) is 21.6. The average molecular weight is 296 g/mol. The molecule has 2 saturated heterocycles. The zero-order chi connectivity index (χ0) is 13.9. The Morgan fingerprint density at radius 2 is 1.85 bits per heavy atom. The van der Waals surface area contributed by atoms with Gasteiger partial charge in [-0.1, -0.05) is 11.6 Å². The van der Waals surface area contributed by atoms with Crippen molar-refractivity contribution in [1.82, 2.24) is 14.9 Å². The molecule has 0 atom stereocenters. The van der Waals surface area contributed by atoms with Crippen LogP contribution in [-0.4, -0.2) is 47.6 Å². The average Bonchev–Trinajstić information content (AvgIpc) is 2.91. The predicted molar refractivity (Wildman–Crippen MR) is 82.1 cm³/mol. The first kappa shape index (κ1) is 13.9. The molecule has 5 nitrogen and oxygen atoms in total. The van der Waals surface area contributed by atoms with Gasteiger partial charge in [-0.05, 0) is 44.7 Å². The van der Waals surface area contributed by atoms with E-state index in [0.29, 0.717) is 5.15 Å². The number of hydrogen-bond acceptors (Lipinski definition) is 5. The molecule has 0 saturated carbocycles. The van der Waals surface area contributed by atoms with Crippen LogP contribution in [-0.2, 0) is 0 Å². The van der Waals surface area contributed by atoms with Crippen LogP contribution >= 0.6 is 11.6 Å². The molecule has 1 aromatic heterocycles. The van der Waals surface area contributed by atoms with Gasteiger partial charge in [0.15, 0.2) is 0 Å². The van der Waals surface area contributed by atoms with Crippen LogP contribution in [0.2, 0.25) is 5.15 Å². The highest BCUT2D eigenvalue weighted by atomic mass is 35.5. The van der Waals surface area contributed by atoms with Crippen LogP contribution in [0.3, 0.4) is 0 Å². The number of halogens is 1. The van der Waals surface area contributed by atoms with Gasteiger partial charge in [-0.3, -0.25) is 0 Å². The van der Waals surface area contributed by atoms with Crippen molar-refractivity contribution in [3.05, 3.63) is 11.2 Å². The standard InChI is InChI=1S/C14H22ClN5/c15-12-9-13(18-14(16)17-12)20-7-3-11(4-8-20)10-19-5-1-2-6-19/h9,11H,1-8,10H2,(H2,16,17,18). The van der Waals surface area contributed by atoms with Gasteiger partial charge < -0.3 is 15.5 Å². The fourth-order valence-electron chi connectivity index (χ4n) is 3.26. The Bertz CT molecular complexity index is 433. The molecule has 0 bridgehead atoms. The van der Waals surface area contributed by atoms with Gasteiger partial charge in [-0.25, -0.2) is 4.98 Å². The van der Waals surface area contributed by atoms with Gasteiger partial charge in [0.05, 0.1) is 0 Å². The Balaban J connectivity index is 1.55. The molecular weight excluding hydrogens is 274 g/mol. The van der Waals surface area contributed by atoms with E-state index < -0.39 is 0 Å². The number of nitrogens with zero attached hydrogens (tertiary/aromatic N) is 4. The van der Waals surface area contributed by atoms with E-state index >= 15 is 0 Å². The minimum atomic E-state index is 0.256. The van der Waals surface area contributed by atoms with Gasteiger partial charge in [-0.15, -0.1) is 0 Å². The second-order valence-corrected chi connectivity index (χ2v) is 6.23. The molecule has 0 amide bonds. The summed E-state index contributed by atoms with van der Waals surface area (Å²) in [4.78, 5) is 13.1. The van der Waals surface area contributed by atoms with Crippen molar-refractivity contribution in [2.45, 2.75) is 25.7 Å². The van der Waals surface area contributed by atoms with E-state index in [1.807, 2.05) is 0 Å². The summed E-state index contributed by atoms with van der Waals surface area (Å²) in [5, 5.41) is 0.423. The minimum absolute atomic E-state index is 0.256. The van der Waals surface area contributed by atoms with E-state index in [9.17, 15) is 0 Å². The second-order valence-electron chi connectivity index (χ2n) is 5.85. The van der Waals surface area contributed by atoms with Crippen LogP contribution in [0.15, 0.2) is 6.07 Å².